The van der Waals surface area contributed by atoms with Gasteiger partial charge in [0.15, 0.2) is 18.2 Å². The Morgan fingerprint density at radius 2 is 1.76 bits per heavy atom. The Balaban J connectivity index is 0.000000695. The summed E-state index contributed by atoms with van der Waals surface area (Å²) < 4.78 is 10.2. The van der Waals surface area contributed by atoms with Crippen molar-refractivity contribution in [3.8, 4) is 0 Å². The number of carbonyl (C=O) groups excluding carboxylic acids is 4. The predicted molar refractivity (Wildman–Crippen MR) is 140 cm³/mol. The molecular formula is C30H46O7. The molecule has 3 fully saturated rings. The standard InChI is InChI=1S/C26H36O6.C4H10O/c1-5-15(2)32-24(30)31-14-22(29)20-9-8-19-18-7-6-16-12-17(27)10-11-25(16,3)23(18)21(28)13-26(19,20)4;1-3-4(2)5/h12,15,18-20,23H,5-11,13-14H2,1-4H3;4-5H,3H2,1-2H3. The van der Waals surface area contributed by atoms with Crippen molar-refractivity contribution in [2.75, 3.05) is 6.61 Å². The van der Waals surface area contributed by atoms with Crippen molar-refractivity contribution >= 4 is 23.5 Å². The third-order valence-corrected chi connectivity index (χ3v) is 9.83. The molecule has 8 atom stereocenters. The topological polar surface area (TPSA) is 107 Å². The largest absolute Gasteiger partial charge is 0.508 e. The summed E-state index contributed by atoms with van der Waals surface area (Å²) in [5.41, 5.74) is 0.549. The molecule has 0 aliphatic heterocycles. The smallest absolute Gasteiger partial charge is 0.431 e. The molecule has 7 heteroatoms. The normalized spacial score (nSPS) is 36.0. The maximum absolute atomic E-state index is 13.6. The SMILES string of the molecule is CCC(C)O.CCC(C)OC(=O)OCC(=O)C1CCC2C3CCC4=CC(=O)CCC4(C)C3C(=O)CC12C. The fourth-order valence-corrected chi connectivity index (χ4v) is 7.42. The molecule has 4 aliphatic carbocycles. The predicted octanol–water partition coefficient (Wildman–Crippen LogP) is 5.61. The van der Waals surface area contributed by atoms with Gasteiger partial charge in [-0.2, -0.15) is 0 Å². The van der Waals surface area contributed by atoms with Crippen LogP contribution in [0.3, 0.4) is 0 Å². The van der Waals surface area contributed by atoms with Crippen LogP contribution in [0, 0.1) is 34.5 Å². The van der Waals surface area contributed by atoms with E-state index >= 15 is 0 Å². The second-order valence-corrected chi connectivity index (χ2v) is 12.2. The average Bonchev–Trinajstić information content (AvgIpc) is 3.19. The second-order valence-electron chi connectivity index (χ2n) is 12.2. The van der Waals surface area contributed by atoms with E-state index < -0.39 is 6.16 Å². The monoisotopic (exact) mass is 518 g/mol. The Labute approximate surface area is 221 Å². The van der Waals surface area contributed by atoms with Gasteiger partial charge in [-0.15, -0.1) is 0 Å². The highest BCUT2D eigenvalue weighted by molar-refractivity contribution is 5.93. The number of rotatable bonds is 6. The number of ketones is 3. The fourth-order valence-electron chi connectivity index (χ4n) is 7.42. The van der Waals surface area contributed by atoms with Crippen LogP contribution in [-0.2, 0) is 23.9 Å². The Morgan fingerprint density at radius 3 is 2.38 bits per heavy atom. The van der Waals surface area contributed by atoms with Gasteiger partial charge in [0, 0.05) is 24.7 Å². The third-order valence-electron chi connectivity index (χ3n) is 9.83. The first kappa shape index (κ1) is 29.5. The molecule has 7 nitrogen and oxygen atoms in total. The molecule has 0 spiro atoms. The highest BCUT2D eigenvalue weighted by atomic mass is 16.7. The van der Waals surface area contributed by atoms with E-state index in [1.807, 2.05) is 13.8 Å². The van der Waals surface area contributed by atoms with Gasteiger partial charge < -0.3 is 14.6 Å². The zero-order valence-electron chi connectivity index (χ0n) is 23.5. The Hall–Kier alpha value is -2.02. The van der Waals surface area contributed by atoms with Crippen LogP contribution in [0.1, 0.15) is 99.3 Å². The lowest BCUT2D eigenvalue weighted by Crippen LogP contribution is -2.55. The maximum Gasteiger partial charge on any atom is 0.508 e. The Kier molecular flexibility index (Phi) is 9.41. The molecular weight excluding hydrogens is 472 g/mol. The molecule has 0 bridgehead atoms. The zero-order valence-corrected chi connectivity index (χ0v) is 23.5. The minimum atomic E-state index is -0.807. The van der Waals surface area contributed by atoms with E-state index in [-0.39, 0.29) is 64.7 Å². The summed E-state index contributed by atoms with van der Waals surface area (Å²) in [5, 5.41) is 8.36. The number of aliphatic hydroxyl groups excluding tert-OH is 1. The van der Waals surface area contributed by atoms with Crippen LogP contribution < -0.4 is 0 Å². The number of hydrogen-bond donors (Lipinski definition) is 1. The minimum Gasteiger partial charge on any atom is -0.431 e. The second kappa shape index (κ2) is 11.8. The van der Waals surface area contributed by atoms with Crippen molar-refractivity contribution in [1.82, 2.24) is 0 Å². The van der Waals surface area contributed by atoms with Crippen molar-refractivity contribution in [2.45, 2.75) is 112 Å². The highest BCUT2D eigenvalue weighted by Crippen LogP contribution is 2.65. The minimum absolute atomic E-state index is 0.0516. The number of fused-ring (bicyclic) bond motifs is 5. The fraction of sp³-hybridized carbons (Fsp3) is 0.800. The van der Waals surface area contributed by atoms with E-state index in [4.69, 9.17) is 14.6 Å². The first-order chi connectivity index (χ1) is 17.4. The number of Topliss-reactive ketones (excluding diaryl/α,β-unsaturated/α-hetero) is 2. The molecule has 208 valence electrons. The lowest BCUT2D eigenvalue weighted by molar-refractivity contribution is -0.149. The molecule has 0 heterocycles. The maximum atomic E-state index is 13.6. The van der Waals surface area contributed by atoms with Gasteiger partial charge in [-0.1, -0.05) is 33.3 Å². The summed E-state index contributed by atoms with van der Waals surface area (Å²) in [4.78, 5) is 50.5. The molecule has 4 aliphatic rings. The molecule has 0 aromatic carbocycles. The van der Waals surface area contributed by atoms with E-state index in [0.29, 0.717) is 25.2 Å². The molecule has 3 saturated carbocycles. The first-order valence-electron chi connectivity index (χ1n) is 14.2. The number of hydrogen-bond acceptors (Lipinski definition) is 7. The zero-order chi connectivity index (χ0) is 27.5. The van der Waals surface area contributed by atoms with E-state index in [2.05, 4.69) is 13.8 Å². The number of carbonyl (C=O) groups is 4. The molecule has 0 aromatic heterocycles. The van der Waals surface area contributed by atoms with Gasteiger partial charge in [0.25, 0.3) is 0 Å². The van der Waals surface area contributed by atoms with Crippen LogP contribution >= 0.6 is 0 Å². The van der Waals surface area contributed by atoms with Crippen molar-refractivity contribution < 1.29 is 33.8 Å². The third kappa shape index (κ3) is 6.02. The summed E-state index contributed by atoms with van der Waals surface area (Å²) in [6.45, 7) is 11.4. The van der Waals surface area contributed by atoms with Gasteiger partial charge in [-0.25, -0.2) is 4.79 Å². The molecule has 0 radical (unpaired) electrons. The molecule has 4 rings (SSSR count). The van der Waals surface area contributed by atoms with Crippen LogP contribution in [0.15, 0.2) is 11.6 Å². The van der Waals surface area contributed by atoms with Crippen molar-refractivity contribution in [1.29, 1.82) is 0 Å². The Morgan fingerprint density at radius 1 is 1.08 bits per heavy atom. The quantitative estimate of drug-likeness (QED) is 0.455. The van der Waals surface area contributed by atoms with Crippen LogP contribution in [0.25, 0.3) is 0 Å². The first-order valence-corrected chi connectivity index (χ1v) is 14.2. The van der Waals surface area contributed by atoms with Crippen molar-refractivity contribution in [3.05, 3.63) is 11.6 Å². The molecule has 0 amide bonds. The van der Waals surface area contributed by atoms with Crippen LogP contribution in [0.4, 0.5) is 4.79 Å². The van der Waals surface area contributed by atoms with Gasteiger partial charge >= 0.3 is 6.16 Å². The summed E-state index contributed by atoms with van der Waals surface area (Å²) in [5.74, 6) is 0.562. The van der Waals surface area contributed by atoms with Gasteiger partial charge in [-0.05, 0) is 87.5 Å². The molecule has 0 aromatic rings. The lowest BCUT2D eigenvalue weighted by Gasteiger charge is -2.56. The van der Waals surface area contributed by atoms with Gasteiger partial charge in [0.1, 0.15) is 11.9 Å². The van der Waals surface area contributed by atoms with E-state index in [1.54, 1.807) is 19.9 Å². The van der Waals surface area contributed by atoms with E-state index in [0.717, 1.165) is 44.1 Å². The average molecular weight is 519 g/mol. The summed E-state index contributed by atoms with van der Waals surface area (Å²) in [7, 11) is 0. The Bertz CT molecular complexity index is 921. The van der Waals surface area contributed by atoms with Gasteiger partial charge in [-0.3, -0.25) is 14.4 Å². The molecule has 8 unspecified atom stereocenters. The lowest BCUT2D eigenvalue weighted by atomic mass is 9.46. The number of aliphatic hydroxyl groups is 1. The number of allylic oxidation sites excluding steroid dienone is 1. The van der Waals surface area contributed by atoms with Gasteiger partial charge in [0.2, 0.25) is 0 Å². The highest BCUT2D eigenvalue weighted by Gasteiger charge is 2.63. The van der Waals surface area contributed by atoms with Crippen molar-refractivity contribution in [3.63, 3.8) is 0 Å². The summed E-state index contributed by atoms with van der Waals surface area (Å²) in [6.07, 6.45) is 7.27. The van der Waals surface area contributed by atoms with Crippen molar-refractivity contribution in [2.24, 2.45) is 34.5 Å². The molecule has 1 N–H and O–H groups in total. The molecule has 0 saturated heterocycles. The van der Waals surface area contributed by atoms with E-state index in [9.17, 15) is 19.2 Å². The summed E-state index contributed by atoms with van der Waals surface area (Å²) in [6, 6.07) is 0. The summed E-state index contributed by atoms with van der Waals surface area (Å²) >= 11 is 0. The number of ether oxygens (including phenoxy) is 2. The van der Waals surface area contributed by atoms with E-state index in [1.165, 1.54) is 0 Å². The van der Waals surface area contributed by atoms with Gasteiger partial charge in [0.05, 0.1) is 6.10 Å². The van der Waals surface area contributed by atoms with Crippen LogP contribution in [-0.4, -0.2) is 47.4 Å². The molecule has 37 heavy (non-hydrogen) atoms. The van der Waals surface area contributed by atoms with Crippen LogP contribution in [0.5, 0.6) is 0 Å². The van der Waals surface area contributed by atoms with Crippen LogP contribution in [0.2, 0.25) is 0 Å².